The summed E-state index contributed by atoms with van der Waals surface area (Å²) in [7, 11) is 1.52. The highest BCUT2D eigenvalue weighted by molar-refractivity contribution is 5.57. The fourth-order valence-electron chi connectivity index (χ4n) is 1.34. The lowest BCUT2D eigenvalue weighted by Gasteiger charge is -2.07. The van der Waals surface area contributed by atoms with E-state index in [1.54, 1.807) is 30.6 Å². The van der Waals surface area contributed by atoms with E-state index in [2.05, 4.69) is 26.7 Å². The number of anilines is 1. The molecule has 0 unspecified atom stereocenters. The molecule has 2 N–H and O–H groups in total. The Kier molecular flexibility index (Phi) is 3.33. The van der Waals surface area contributed by atoms with Crippen LogP contribution in [0, 0.1) is 0 Å². The van der Waals surface area contributed by atoms with E-state index in [1.807, 2.05) is 0 Å². The molecular formula is C11H12N6O. The number of rotatable bonds is 4. The van der Waals surface area contributed by atoms with Gasteiger partial charge < -0.3 is 10.5 Å². The van der Waals surface area contributed by atoms with Crippen LogP contribution in [0.25, 0.3) is 11.6 Å². The van der Waals surface area contributed by atoms with Gasteiger partial charge in [-0.2, -0.15) is 10.2 Å². The third-order valence-corrected chi connectivity index (χ3v) is 2.07. The van der Waals surface area contributed by atoms with E-state index in [4.69, 9.17) is 10.5 Å². The largest absolute Gasteiger partial charge is 0.493 e. The first-order chi connectivity index (χ1) is 8.74. The molecule has 0 bridgehead atoms. The number of nitrogens with two attached hydrogens (primary N) is 1. The van der Waals surface area contributed by atoms with Crippen molar-refractivity contribution in [3.8, 4) is 5.82 Å². The molecule has 0 amide bonds. The second kappa shape index (κ2) is 5.09. The molecule has 2 aromatic rings. The summed E-state index contributed by atoms with van der Waals surface area (Å²) in [6.45, 7) is 3.60. The van der Waals surface area contributed by atoms with Gasteiger partial charge >= 0.3 is 0 Å². The molecule has 2 heterocycles. The molecule has 0 saturated carbocycles. The van der Waals surface area contributed by atoms with Gasteiger partial charge in [-0.15, -0.1) is 4.80 Å². The van der Waals surface area contributed by atoms with E-state index in [-0.39, 0.29) is 0 Å². The molecule has 18 heavy (non-hydrogen) atoms. The smallest absolute Gasteiger partial charge is 0.199 e. The van der Waals surface area contributed by atoms with E-state index < -0.39 is 0 Å². The Morgan fingerprint density at radius 3 is 2.72 bits per heavy atom. The summed E-state index contributed by atoms with van der Waals surface area (Å²) in [5.41, 5.74) is 5.73. The summed E-state index contributed by atoms with van der Waals surface area (Å²) in [4.78, 5) is 9.71. The molecule has 0 radical (unpaired) electrons. The zero-order chi connectivity index (χ0) is 13.0. The average molecular weight is 244 g/mol. The van der Waals surface area contributed by atoms with Crippen LogP contribution in [-0.2, 0) is 4.74 Å². The highest BCUT2D eigenvalue weighted by Crippen LogP contribution is 2.14. The van der Waals surface area contributed by atoms with Crippen molar-refractivity contribution in [3.05, 3.63) is 43.0 Å². The SMILES string of the molecule is C=C/C=C(\OC)c1nc(N)cc(-n2nccn2)n1. The van der Waals surface area contributed by atoms with Crippen molar-refractivity contribution in [1.29, 1.82) is 0 Å². The summed E-state index contributed by atoms with van der Waals surface area (Å²) in [5.74, 6) is 1.59. The number of nitrogens with zero attached hydrogens (tertiary/aromatic N) is 5. The fraction of sp³-hybridized carbons (Fsp3) is 0.0909. The molecule has 2 rings (SSSR count). The van der Waals surface area contributed by atoms with E-state index in [0.29, 0.717) is 23.2 Å². The van der Waals surface area contributed by atoms with Crippen LogP contribution in [0.1, 0.15) is 5.82 Å². The molecule has 0 atom stereocenters. The predicted molar refractivity (Wildman–Crippen MR) is 66.5 cm³/mol. The van der Waals surface area contributed by atoms with Crippen LogP contribution in [0.2, 0.25) is 0 Å². The van der Waals surface area contributed by atoms with Crippen molar-refractivity contribution in [1.82, 2.24) is 25.0 Å². The monoisotopic (exact) mass is 244 g/mol. The number of hydrogen-bond acceptors (Lipinski definition) is 6. The van der Waals surface area contributed by atoms with Crippen LogP contribution < -0.4 is 5.73 Å². The zero-order valence-corrected chi connectivity index (χ0v) is 9.82. The Morgan fingerprint density at radius 1 is 1.39 bits per heavy atom. The molecule has 92 valence electrons. The van der Waals surface area contributed by atoms with Crippen molar-refractivity contribution < 1.29 is 4.74 Å². The van der Waals surface area contributed by atoms with Crippen molar-refractivity contribution in [2.75, 3.05) is 12.8 Å². The van der Waals surface area contributed by atoms with Gasteiger partial charge in [0.15, 0.2) is 17.4 Å². The molecule has 2 aromatic heterocycles. The lowest BCUT2D eigenvalue weighted by Crippen LogP contribution is -2.08. The van der Waals surface area contributed by atoms with Crippen LogP contribution in [0.5, 0.6) is 0 Å². The quantitative estimate of drug-likeness (QED) is 0.632. The van der Waals surface area contributed by atoms with E-state index in [9.17, 15) is 0 Å². The van der Waals surface area contributed by atoms with Crippen LogP contribution in [0.4, 0.5) is 5.82 Å². The highest BCUT2D eigenvalue weighted by Gasteiger charge is 2.09. The molecule has 0 fully saturated rings. The predicted octanol–water partition coefficient (Wildman–Crippen LogP) is 0.813. The van der Waals surface area contributed by atoms with Crippen LogP contribution in [0.3, 0.4) is 0 Å². The first-order valence-electron chi connectivity index (χ1n) is 5.13. The third kappa shape index (κ3) is 2.34. The molecule has 0 aromatic carbocycles. The van der Waals surface area contributed by atoms with Crippen LogP contribution >= 0.6 is 0 Å². The summed E-state index contributed by atoms with van der Waals surface area (Å²) < 4.78 is 5.16. The Balaban J connectivity index is 2.50. The normalized spacial score (nSPS) is 11.3. The van der Waals surface area contributed by atoms with Gasteiger partial charge in [0.05, 0.1) is 19.5 Å². The summed E-state index contributed by atoms with van der Waals surface area (Å²) in [5, 5.41) is 7.96. The molecule has 0 saturated heterocycles. The minimum atomic E-state index is 0.305. The fourth-order valence-corrected chi connectivity index (χ4v) is 1.34. The molecule has 0 spiro atoms. The van der Waals surface area contributed by atoms with Gasteiger partial charge in [0.1, 0.15) is 5.82 Å². The molecule has 0 aliphatic rings. The summed E-state index contributed by atoms with van der Waals surface area (Å²) >= 11 is 0. The van der Waals surface area contributed by atoms with Gasteiger partial charge in [-0.25, -0.2) is 9.97 Å². The Bertz CT molecular complexity index is 575. The van der Waals surface area contributed by atoms with Crippen molar-refractivity contribution in [2.45, 2.75) is 0 Å². The summed E-state index contributed by atoms with van der Waals surface area (Å²) in [6.07, 6.45) is 6.33. The van der Waals surface area contributed by atoms with Gasteiger partial charge in [0.25, 0.3) is 0 Å². The van der Waals surface area contributed by atoms with Crippen molar-refractivity contribution in [2.24, 2.45) is 0 Å². The minimum absolute atomic E-state index is 0.305. The first-order valence-corrected chi connectivity index (χ1v) is 5.13. The number of hydrogen-bond donors (Lipinski definition) is 1. The first kappa shape index (κ1) is 11.8. The van der Waals surface area contributed by atoms with E-state index >= 15 is 0 Å². The molecule has 7 heteroatoms. The molecule has 0 aliphatic carbocycles. The number of aromatic nitrogens is 5. The van der Waals surface area contributed by atoms with Gasteiger partial charge in [0, 0.05) is 6.07 Å². The summed E-state index contributed by atoms with van der Waals surface area (Å²) in [6, 6.07) is 1.57. The highest BCUT2D eigenvalue weighted by atomic mass is 16.5. The van der Waals surface area contributed by atoms with Crippen molar-refractivity contribution in [3.63, 3.8) is 0 Å². The van der Waals surface area contributed by atoms with E-state index in [0.717, 1.165) is 0 Å². The minimum Gasteiger partial charge on any atom is -0.493 e. The van der Waals surface area contributed by atoms with Gasteiger partial charge in [0.2, 0.25) is 0 Å². The maximum Gasteiger partial charge on any atom is 0.199 e. The Morgan fingerprint density at radius 2 is 2.11 bits per heavy atom. The number of ether oxygens (including phenoxy) is 1. The standard InChI is InChI=1S/C11H12N6O/c1-3-4-8(18-2)11-15-9(12)7-10(16-11)17-13-5-6-14-17/h3-7H,1H2,2H3,(H2,12,15,16)/b8-4-. The van der Waals surface area contributed by atoms with Gasteiger partial charge in [-0.05, 0) is 6.08 Å². The average Bonchev–Trinajstić information content (AvgIpc) is 2.89. The zero-order valence-electron chi connectivity index (χ0n) is 9.82. The molecular weight excluding hydrogens is 232 g/mol. The maximum atomic E-state index is 5.73. The Labute approximate surface area is 104 Å². The van der Waals surface area contributed by atoms with Crippen molar-refractivity contribution >= 4 is 11.6 Å². The second-order valence-corrected chi connectivity index (χ2v) is 3.26. The maximum absolute atomic E-state index is 5.73. The lowest BCUT2D eigenvalue weighted by atomic mass is 10.4. The molecule has 7 nitrogen and oxygen atoms in total. The Hall–Kier alpha value is -2.70. The number of allylic oxidation sites excluding steroid dienone is 2. The number of methoxy groups -OCH3 is 1. The third-order valence-electron chi connectivity index (χ3n) is 2.07. The van der Waals surface area contributed by atoms with Gasteiger partial charge in [-0.3, -0.25) is 0 Å². The van der Waals surface area contributed by atoms with Crippen LogP contribution in [-0.4, -0.2) is 32.1 Å². The van der Waals surface area contributed by atoms with Gasteiger partial charge in [-0.1, -0.05) is 12.7 Å². The van der Waals surface area contributed by atoms with Crippen LogP contribution in [0.15, 0.2) is 37.2 Å². The lowest BCUT2D eigenvalue weighted by molar-refractivity contribution is 0.366. The second-order valence-electron chi connectivity index (χ2n) is 3.26. The molecule has 0 aliphatic heterocycles. The van der Waals surface area contributed by atoms with E-state index in [1.165, 1.54) is 11.9 Å². The topological polar surface area (TPSA) is 91.7 Å². The number of nitrogen functional groups attached to an aromatic ring is 1.